The van der Waals surface area contributed by atoms with Crippen molar-refractivity contribution < 1.29 is 14.7 Å². The van der Waals surface area contributed by atoms with Crippen LogP contribution in [-0.4, -0.2) is 39.5 Å². The van der Waals surface area contributed by atoms with E-state index in [1.54, 1.807) is 36.3 Å². The van der Waals surface area contributed by atoms with Gasteiger partial charge in [-0.15, -0.1) is 0 Å². The number of nitrogens with zero attached hydrogens (tertiary/aromatic N) is 2. The van der Waals surface area contributed by atoms with Gasteiger partial charge in [0.2, 0.25) is 5.56 Å². The van der Waals surface area contributed by atoms with Gasteiger partial charge in [0, 0.05) is 38.3 Å². The Morgan fingerprint density at radius 1 is 1.08 bits per heavy atom. The second-order valence-electron chi connectivity index (χ2n) is 6.38. The van der Waals surface area contributed by atoms with Crippen LogP contribution in [0.2, 0.25) is 0 Å². The topological polar surface area (TPSA) is 79.6 Å². The minimum Gasteiger partial charge on any atom is -0.478 e. The van der Waals surface area contributed by atoms with Gasteiger partial charge in [0.05, 0.1) is 11.1 Å². The van der Waals surface area contributed by atoms with E-state index in [9.17, 15) is 14.4 Å². The number of hydrogen-bond acceptors (Lipinski definition) is 3. The van der Waals surface area contributed by atoms with E-state index < -0.39 is 5.97 Å². The number of likely N-dealkylation sites (tertiary alicyclic amines) is 1. The predicted molar refractivity (Wildman–Crippen MR) is 93.0 cm³/mol. The number of pyridine rings is 1. The number of benzene rings is 1. The van der Waals surface area contributed by atoms with E-state index in [2.05, 4.69) is 0 Å². The summed E-state index contributed by atoms with van der Waals surface area (Å²) >= 11 is 0. The first-order valence-corrected chi connectivity index (χ1v) is 8.25. The summed E-state index contributed by atoms with van der Waals surface area (Å²) in [5.41, 5.74) is 1.66. The maximum Gasteiger partial charge on any atom is 0.335 e. The zero-order chi connectivity index (χ0) is 18.0. The fourth-order valence-electron chi connectivity index (χ4n) is 3.23. The molecule has 1 saturated heterocycles. The van der Waals surface area contributed by atoms with Crippen LogP contribution < -0.4 is 5.56 Å². The highest BCUT2D eigenvalue weighted by Gasteiger charge is 2.25. The molecule has 1 aliphatic rings. The lowest BCUT2D eigenvalue weighted by molar-refractivity contribution is 0.0693. The van der Waals surface area contributed by atoms with Crippen molar-refractivity contribution in [3.05, 3.63) is 69.6 Å². The van der Waals surface area contributed by atoms with Crippen LogP contribution in [0, 0.1) is 0 Å². The second kappa shape index (κ2) is 6.93. The SMILES string of the molecule is Cn1cc(C(=O)N2CCC[C@H](c3ccc(C(=O)O)cc3)C2)ccc1=O. The highest BCUT2D eigenvalue weighted by atomic mass is 16.4. The number of carbonyl (C=O) groups is 2. The molecule has 0 spiro atoms. The molecule has 2 heterocycles. The normalized spacial score (nSPS) is 17.3. The van der Waals surface area contributed by atoms with Gasteiger partial charge in [-0.05, 0) is 36.6 Å². The zero-order valence-electron chi connectivity index (χ0n) is 14.0. The van der Waals surface area contributed by atoms with Crippen molar-refractivity contribution in [1.82, 2.24) is 9.47 Å². The fourth-order valence-corrected chi connectivity index (χ4v) is 3.23. The molecular weight excluding hydrogens is 320 g/mol. The van der Waals surface area contributed by atoms with Gasteiger partial charge in [-0.1, -0.05) is 12.1 Å². The fraction of sp³-hybridized carbons (Fsp3) is 0.316. The number of aromatic carboxylic acids is 1. The number of carboxylic acids is 1. The lowest BCUT2D eigenvalue weighted by Gasteiger charge is -2.33. The van der Waals surface area contributed by atoms with Gasteiger partial charge in [0.1, 0.15) is 0 Å². The van der Waals surface area contributed by atoms with E-state index in [0.29, 0.717) is 18.7 Å². The van der Waals surface area contributed by atoms with E-state index in [-0.39, 0.29) is 22.9 Å². The first kappa shape index (κ1) is 17.0. The average molecular weight is 340 g/mol. The molecule has 1 aliphatic heterocycles. The van der Waals surface area contributed by atoms with E-state index in [0.717, 1.165) is 18.4 Å². The van der Waals surface area contributed by atoms with E-state index in [1.807, 2.05) is 12.1 Å². The molecule has 0 aliphatic carbocycles. The molecule has 0 unspecified atom stereocenters. The largest absolute Gasteiger partial charge is 0.478 e. The van der Waals surface area contributed by atoms with Crippen molar-refractivity contribution in [2.24, 2.45) is 7.05 Å². The molecule has 1 fully saturated rings. The molecule has 1 aromatic heterocycles. The Bertz CT molecular complexity index is 854. The predicted octanol–water partition coefficient (Wildman–Crippen LogP) is 2.10. The van der Waals surface area contributed by atoms with Crippen molar-refractivity contribution in [3.63, 3.8) is 0 Å². The van der Waals surface area contributed by atoms with Gasteiger partial charge in [0.15, 0.2) is 0 Å². The Morgan fingerprint density at radius 2 is 1.76 bits per heavy atom. The molecule has 3 rings (SSSR count). The molecule has 0 radical (unpaired) electrons. The Morgan fingerprint density at radius 3 is 2.40 bits per heavy atom. The van der Waals surface area contributed by atoms with Crippen molar-refractivity contribution >= 4 is 11.9 Å². The number of carboxylic acid groups (broad SMARTS) is 1. The lowest BCUT2D eigenvalue weighted by Crippen LogP contribution is -2.39. The Labute approximate surface area is 145 Å². The summed E-state index contributed by atoms with van der Waals surface area (Å²) in [5.74, 6) is -0.836. The van der Waals surface area contributed by atoms with Gasteiger partial charge < -0.3 is 14.6 Å². The van der Waals surface area contributed by atoms with Crippen LogP contribution >= 0.6 is 0 Å². The minimum absolute atomic E-state index is 0.0811. The third-order valence-electron chi connectivity index (χ3n) is 4.67. The molecule has 25 heavy (non-hydrogen) atoms. The van der Waals surface area contributed by atoms with Crippen molar-refractivity contribution in [3.8, 4) is 0 Å². The number of aryl methyl sites for hydroxylation is 1. The monoisotopic (exact) mass is 340 g/mol. The van der Waals surface area contributed by atoms with E-state index in [1.165, 1.54) is 10.6 Å². The summed E-state index contributed by atoms with van der Waals surface area (Å²) in [6.45, 7) is 1.28. The summed E-state index contributed by atoms with van der Waals surface area (Å²) in [5, 5.41) is 8.99. The molecule has 130 valence electrons. The van der Waals surface area contributed by atoms with Crippen molar-refractivity contribution in [2.75, 3.05) is 13.1 Å². The molecule has 1 aromatic carbocycles. The average Bonchev–Trinajstić information content (AvgIpc) is 2.63. The van der Waals surface area contributed by atoms with Crippen LogP contribution in [0.25, 0.3) is 0 Å². The third kappa shape index (κ3) is 3.63. The maximum atomic E-state index is 12.7. The molecule has 6 heteroatoms. The number of aromatic nitrogens is 1. The molecule has 1 atom stereocenters. The summed E-state index contributed by atoms with van der Waals surface area (Å²) in [4.78, 5) is 37.0. The number of rotatable bonds is 3. The van der Waals surface area contributed by atoms with E-state index >= 15 is 0 Å². The number of amides is 1. The van der Waals surface area contributed by atoms with Crippen LogP contribution in [0.3, 0.4) is 0 Å². The van der Waals surface area contributed by atoms with Crippen molar-refractivity contribution in [1.29, 1.82) is 0 Å². The molecule has 0 bridgehead atoms. The molecule has 1 amide bonds. The molecule has 6 nitrogen and oxygen atoms in total. The van der Waals surface area contributed by atoms with E-state index in [4.69, 9.17) is 5.11 Å². The minimum atomic E-state index is -0.943. The van der Waals surface area contributed by atoms with Crippen LogP contribution in [-0.2, 0) is 7.05 Å². The summed E-state index contributed by atoms with van der Waals surface area (Å²) < 4.78 is 1.40. The number of hydrogen-bond donors (Lipinski definition) is 1. The van der Waals surface area contributed by atoms with Gasteiger partial charge in [-0.3, -0.25) is 9.59 Å². The Kier molecular flexibility index (Phi) is 4.70. The van der Waals surface area contributed by atoms with Gasteiger partial charge >= 0.3 is 5.97 Å². The van der Waals surface area contributed by atoms with Crippen molar-refractivity contribution in [2.45, 2.75) is 18.8 Å². The summed E-state index contributed by atoms with van der Waals surface area (Å²) in [7, 11) is 1.63. The van der Waals surface area contributed by atoms with Crippen LogP contribution in [0.4, 0.5) is 0 Å². The summed E-state index contributed by atoms with van der Waals surface area (Å²) in [6.07, 6.45) is 3.42. The zero-order valence-corrected chi connectivity index (χ0v) is 14.0. The molecule has 0 saturated carbocycles. The highest BCUT2D eigenvalue weighted by molar-refractivity contribution is 5.94. The van der Waals surface area contributed by atoms with Gasteiger partial charge in [-0.25, -0.2) is 4.79 Å². The quantitative estimate of drug-likeness (QED) is 0.928. The molecule has 1 N–H and O–H groups in total. The Hall–Kier alpha value is -2.89. The standard InChI is InChI=1S/C19H20N2O4/c1-20-11-16(8-9-17(20)22)18(23)21-10-2-3-15(12-21)13-4-6-14(7-5-13)19(24)25/h4-9,11,15H,2-3,10,12H2,1H3,(H,24,25)/t15-/m0/s1. The first-order chi connectivity index (χ1) is 12.0. The van der Waals surface area contributed by atoms with Gasteiger partial charge in [0.25, 0.3) is 5.91 Å². The highest BCUT2D eigenvalue weighted by Crippen LogP contribution is 2.28. The Balaban J connectivity index is 1.76. The maximum absolute atomic E-state index is 12.7. The smallest absolute Gasteiger partial charge is 0.335 e. The van der Waals surface area contributed by atoms with Crippen LogP contribution in [0.5, 0.6) is 0 Å². The lowest BCUT2D eigenvalue weighted by atomic mass is 9.90. The number of carbonyl (C=O) groups excluding carboxylic acids is 1. The van der Waals surface area contributed by atoms with Crippen LogP contribution in [0.1, 0.15) is 45.0 Å². The van der Waals surface area contributed by atoms with Gasteiger partial charge in [-0.2, -0.15) is 0 Å². The molecule has 2 aromatic rings. The summed E-state index contributed by atoms with van der Waals surface area (Å²) in [6, 6.07) is 9.83. The number of piperidine rings is 1. The third-order valence-corrected chi connectivity index (χ3v) is 4.67. The molecular formula is C19H20N2O4. The van der Waals surface area contributed by atoms with Crippen LogP contribution in [0.15, 0.2) is 47.4 Å². The first-order valence-electron chi connectivity index (χ1n) is 8.25. The second-order valence-corrected chi connectivity index (χ2v) is 6.38.